The minimum Gasteiger partial charge on any atom is -0.341 e. The molecule has 2 saturated heterocycles. The molecule has 2 unspecified atom stereocenters. The number of carbonyl (C=O) groups is 2. The SMILES string of the molecule is Cc1noc(C23CN(C(=O)CCC4CCCCC4)CC2CN(C(=O)c2ccccc2)C3)n1. The van der Waals surface area contributed by atoms with Crippen LogP contribution in [0.3, 0.4) is 0 Å². The summed E-state index contributed by atoms with van der Waals surface area (Å²) in [5, 5.41) is 4.02. The van der Waals surface area contributed by atoms with Gasteiger partial charge in [0.25, 0.3) is 5.91 Å². The van der Waals surface area contributed by atoms with E-state index < -0.39 is 5.41 Å². The summed E-state index contributed by atoms with van der Waals surface area (Å²) in [6.07, 6.45) is 8.07. The van der Waals surface area contributed by atoms with Crippen molar-refractivity contribution in [1.82, 2.24) is 19.9 Å². The summed E-state index contributed by atoms with van der Waals surface area (Å²) in [7, 11) is 0. The molecule has 0 radical (unpaired) electrons. The first-order valence-electron chi connectivity index (χ1n) is 12.0. The highest BCUT2D eigenvalue weighted by Crippen LogP contribution is 2.45. The minimum atomic E-state index is -0.480. The van der Waals surface area contributed by atoms with Crippen LogP contribution in [0.25, 0.3) is 0 Å². The van der Waals surface area contributed by atoms with Gasteiger partial charge in [0.1, 0.15) is 0 Å². The fourth-order valence-corrected chi connectivity index (χ4v) is 5.94. The molecule has 3 fully saturated rings. The van der Waals surface area contributed by atoms with Gasteiger partial charge in [0.15, 0.2) is 5.82 Å². The van der Waals surface area contributed by atoms with Gasteiger partial charge in [0.05, 0.1) is 5.41 Å². The van der Waals surface area contributed by atoms with E-state index in [4.69, 9.17) is 4.52 Å². The Labute approximate surface area is 189 Å². The molecule has 2 aromatic rings. The highest BCUT2D eigenvalue weighted by Gasteiger charge is 2.58. The molecule has 32 heavy (non-hydrogen) atoms. The van der Waals surface area contributed by atoms with E-state index in [1.807, 2.05) is 47.1 Å². The summed E-state index contributed by atoms with van der Waals surface area (Å²) < 4.78 is 5.63. The number of hydrogen-bond donors (Lipinski definition) is 0. The Hall–Kier alpha value is -2.70. The van der Waals surface area contributed by atoms with Crippen molar-refractivity contribution in [3.05, 3.63) is 47.6 Å². The molecule has 0 bridgehead atoms. The predicted molar refractivity (Wildman–Crippen MR) is 119 cm³/mol. The van der Waals surface area contributed by atoms with Crippen LogP contribution < -0.4 is 0 Å². The van der Waals surface area contributed by atoms with Crippen LogP contribution in [0.1, 0.15) is 67.0 Å². The molecule has 2 amide bonds. The van der Waals surface area contributed by atoms with Gasteiger partial charge in [-0.1, -0.05) is 55.5 Å². The normalized spacial score (nSPS) is 25.8. The van der Waals surface area contributed by atoms with Gasteiger partial charge in [0.2, 0.25) is 11.8 Å². The number of hydrogen-bond acceptors (Lipinski definition) is 5. The number of likely N-dealkylation sites (tertiary alicyclic amines) is 2. The van der Waals surface area contributed by atoms with Gasteiger partial charge < -0.3 is 14.3 Å². The van der Waals surface area contributed by atoms with E-state index in [2.05, 4.69) is 10.1 Å². The lowest BCUT2D eigenvalue weighted by molar-refractivity contribution is -0.131. The molecule has 1 aromatic carbocycles. The Balaban J connectivity index is 1.31. The second-order valence-electron chi connectivity index (χ2n) is 9.87. The molecule has 5 rings (SSSR count). The topological polar surface area (TPSA) is 79.5 Å². The molecule has 3 heterocycles. The standard InChI is InChI=1S/C25H32N4O3/c1-18-26-24(32-27-18)25-16-28(22(30)13-12-19-8-4-2-5-9-19)14-21(25)15-29(17-25)23(31)20-10-6-3-7-11-20/h3,6-7,10-11,19,21H,2,4-5,8-9,12-17H2,1H3. The fraction of sp³-hybridized carbons (Fsp3) is 0.600. The molecule has 1 aromatic heterocycles. The number of nitrogens with zero attached hydrogens (tertiary/aromatic N) is 4. The number of benzene rings is 1. The summed E-state index contributed by atoms with van der Waals surface area (Å²) in [4.78, 5) is 34.7. The lowest BCUT2D eigenvalue weighted by Gasteiger charge is -2.27. The van der Waals surface area contributed by atoms with E-state index in [-0.39, 0.29) is 17.7 Å². The maximum atomic E-state index is 13.1. The zero-order valence-electron chi connectivity index (χ0n) is 18.8. The van der Waals surface area contributed by atoms with E-state index >= 15 is 0 Å². The molecule has 170 valence electrons. The second kappa shape index (κ2) is 8.68. The van der Waals surface area contributed by atoms with Gasteiger partial charge in [-0.15, -0.1) is 0 Å². The van der Waals surface area contributed by atoms with Crippen LogP contribution in [0.5, 0.6) is 0 Å². The predicted octanol–water partition coefficient (Wildman–Crippen LogP) is 3.59. The van der Waals surface area contributed by atoms with E-state index in [1.54, 1.807) is 0 Å². The molecule has 1 aliphatic carbocycles. The Bertz CT molecular complexity index is 969. The second-order valence-corrected chi connectivity index (χ2v) is 9.87. The summed E-state index contributed by atoms with van der Waals surface area (Å²) >= 11 is 0. The van der Waals surface area contributed by atoms with Crippen molar-refractivity contribution >= 4 is 11.8 Å². The molecule has 0 spiro atoms. The highest BCUT2D eigenvalue weighted by molar-refractivity contribution is 5.94. The Morgan fingerprint density at radius 2 is 1.78 bits per heavy atom. The van der Waals surface area contributed by atoms with Crippen molar-refractivity contribution in [1.29, 1.82) is 0 Å². The molecule has 2 aliphatic heterocycles. The highest BCUT2D eigenvalue weighted by atomic mass is 16.5. The van der Waals surface area contributed by atoms with Crippen molar-refractivity contribution < 1.29 is 14.1 Å². The lowest BCUT2D eigenvalue weighted by Crippen LogP contribution is -2.41. The quantitative estimate of drug-likeness (QED) is 0.716. The first-order valence-corrected chi connectivity index (χ1v) is 12.0. The van der Waals surface area contributed by atoms with E-state index in [0.29, 0.717) is 55.8 Å². The smallest absolute Gasteiger partial charge is 0.253 e. The number of rotatable bonds is 5. The lowest BCUT2D eigenvalue weighted by atomic mass is 9.81. The van der Waals surface area contributed by atoms with Crippen molar-refractivity contribution in [3.63, 3.8) is 0 Å². The van der Waals surface area contributed by atoms with Crippen LogP contribution in [0.15, 0.2) is 34.9 Å². The van der Waals surface area contributed by atoms with E-state index in [9.17, 15) is 9.59 Å². The third-order valence-electron chi connectivity index (χ3n) is 7.71. The zero-order valence-corrected chi connectivity index (χ0v) is 18.8. The Morgan fingerprint density at radius 1 is 1.06 bits per heavy atom. The first-order chi connectivity index (χ1) is 15.5. The average molecular weight is 437 g/mol. The molecule has 7 nitrogen and oxygen atoms in total. The third kappa shape index (κ3) is 3.93. The van der Waals surface area contributed by atoms with Gasteiger partial charge in [0, 0.05) is 44.1 Å². The third-order valence-corrected chi connectivity index (χ3v) is 7.71. The van der Waals surface area contributed by atoms with E-state index in [1.165, 1.54) is 32.1 Å². The van der Waals surface area contributed by atoms with Gasteiger partial charge >= 0.3 is 0 Å². The summed E-state index contributed by atoms with van der Waals surface area (Å²) in [6.45, 7) is 4.09. The Morgan fingerprint density at radius 3 is 2.50 bits per heavy atom. The molecular weight excluding hydrogens is 404 g/mol. The van der Waals surface area contributed by atoms with Crippen molar-refractivity contribution in [3.8, 4) is 0 Å². The van der Waals surface area contributed by atoms with Crippen LogP contribution in [-0.2, 0) is 10.2 Å². The van der Waals surface area contributed by atoms with Gasteiger partial charge in [-0.05, 0) is 31.4 Å². The zero-order chi connectivity index (χ0) is 22.1. The van der Waals surface area contributed by atoms with Crippen LogP contribution in [0, 0.1) is 18.8 Å². The molecule has 3 aliphatic rings. The molecule has 1 saturated carbocycles. The largest absolute Gasteiger partial charge is 0.341 e. The molecule has 0 N–H and O–H groups in total. The summed E-state index contributed by atoms with van der Waals surface area (Å²) in [5.41, 5.74) is 0.205. The maximum Gasteiger partial charge on any atom is 0.253 e. The van der Waals surface area contributed by atoms with Crippen molar-refractivity contribution in [2.24, 2.45) is 11.8 Å². The van der Waals surface area contributed by atoms with Crippen LogP contribution in [0.2, 0.25) is 0 Å². The number of aryl methyl sites for hydroxylation is 1. The van der Waals surface area contributed by atoms with Crippen LogP contribution >= 0.6 is 0 Å². The summed E-state index contributed by atoms with van der Waals surface area (Å²) in [6, 6.07) is 9.37. The fourth-order valence-electron chi connectivity index (χ4n) is 5.94. The molecule has 2 atom stereocenters. The van der Waals surface area contributed by atoms with Crippen molar-refractivity contribution in [2.45, 2.75) is 57.3 Å². The van der Waals surface area contributed by atoms with Gasteiger partial charge in [-0.25, -0.2) is 0 Å². The minimum absolute atomic E-state index is 0.0192. The summed E-state index contributed by atoms with van der Waals surface area (Å²) in [5.74, 6) is 2.19. The number of fused-ring (bicyclic) bond motifs is 1. The number of carbonyl (C=O) groups excluding carboxylic acids is 2. The van der Waals surface area contributed by atoms with Crippen molar-refractivity contribution in [2.75, 3.05) is 26.2 Å². The average Bonchev–Trinajstić information content (AvgIpc) is 3.51. The Kier molecular flexibility index (Phi) is 5.74. The molecule has 7 heteroatoms. The number of aromatic nitrogens is 2. The van der Waals surface area contributed by atoms with Crippen LogP contribution in [-0.4, -0.2) is 57.9 Å². The first kappa shape index (κ1) is 21.2. The van der Waals surface area contributed by atoms with E-state index in [0.717, 1.165) is 6.42 Å². The van der Waals surface area contributed by atoms with Gasteiger partial charge in [-0.2, -0.15) is 4.98 Å². The molecular formula is C25H32N4O3. The number of amides is 2. The van der Waals surface area contributed by atoms with Gasteiger partial charge in [-0.3, -0.25) is 9.59 Å². The maximum absolute atomic E-state index is 13.1. The van der Waals surface area contributed by atoms with Crippen LogP contribution in [0.4, 0.5) is 0 Å². The monoisotopic (exact) mass is 436 g/mol.